The molecule has 2 aromatic rings. The Morgan fingerprint density at radius 1 is 0.902 bits per heavy atom. The second kappa shape index (κ2) is 13.7. The van der Waals surface area contributed by atoms with Crippen LogP contribution in [-0.4, -0.2) is 95.6 Å². The Morgan fingerprint density at radius 2 is 1.51 bits per heavy atom. The Balaban J connectivity index is 1.05. The van der Waals surface area contributed by atoms with Gasteiger partial charge in [0.25, 0.3) is 5.69 Å². The molecule has 51 heavy (non-hydrogen) atoms. The zero-order chi connectivity index (χ0) is 36.8. The Bertz CT molecular complexity index is 1770. The van der Waals surface area contributed by atoms with Crippen LogP contribution in [0.3, 0.4) is 0 Å². The minimum Gasteiger partial charge on any atom is -0.445 e. The molecule has 4 heterocycles. The summed E-state index contributed by atoms with van der Waals surface area (Å²) >= 11 is 2.80. The molecule has 270 valence electrons. The molecule has 0 aliphatic carbocycles. The molecule has 0 aromatic heterocycles. The van der Waals surface area contributed by atoms with Crippen molar-refractivity contribution < 1.29 is 47.9 Å². The van der Waals surface area contributed by atoms with Crippen LogP contribution < -0.4 is 10.6 Å². The van der Waals surface area contributed by atoms with Crippen molar-refractivity contribution >= 4 is 65.0 Å². The molecule has 6 atom stereocenters. The molecule has 16 nitrogen and oxygen atoms in total. The lowest BCUT2D eigenvalue weighted by atomic mass is 9.95. The Hall–Kier alpha value is -4.84. The van der Waals surface area contributed by atoms with E-state index in [-0.39, 0.29) is 23.6 Å². The maximum absolute atomic E-state index is 13.6. The summed E-state index contributed by atoms with van der Waals surface area (Å²) in [5.74, 6) is -2.85. The van der Waals surface area contributed by atoms with Gasteiger partial charge in [0.15, 0.2) is 0 Å². The number of ether oxygens (including phenoxy) is 3. The van der Waals surface area contributed by atoms with Gasteiger partial charge in [-0.15, -0.1) is 23.5 Å². The van der Waals surface area contributed by atoms with Crippen molar-refractivity contribution in [1.82, 2.24) is 20.4 Å². The number of hydrogen-bond acceptors (Lipinski definition) is 13. The maximum Gasteiger partial charge on any atom is 0.408 e. The topological polar surface area (TPSA) is 204 Å². The first-order chi connectivity index (χ1) is 24.1. The molecule has 0 spiro atoms. The van der Waals surface area contributed by atoms with Crippen LogP contribution in [0.15, 0.2) is 54.6 Å². The van der Waals surface area contributed by atoms with Gasteiger partial charge in [-0.25, -0.2) is 14.4 Å². The third-order valence-corrected chi connectivity index (χ3v) is 12.2. The van der Waals surface area contributed by atoms with Crippen LogP contribution in [0.5, 0.6) is 0 Å². The van der Waals surface area contributed by atoms with E-state index < -0.39 is 80.6 Å². The van der Waals surface area contributed by atoms with Crippen molar-refractivity contribution in [3.05, 3.63) is 75.8 Å². The molecule has 4 aliphatic rings. The summed E-state index contributed by atoms with van der Waals surface area (Å²) in [6.07, 6.45) is -0.582. The first-order valence-corrected chi connectivity index (χ1v) is 17.7. The number of carbonyl (C=O) groups is 6. The molecular formula is C33H35N5O11S2. The van der Waals surface area contributed by atoms with Crippen molar-refractivity contribution in [2.75, 3.05) is 6.79 Å². The molecule has 1 unspecified atom stereocenters. The number of rotatable bonds is 11. The largest absolute Gasteiger partial charge is 0.445 e. The number of nitro benzene ring substituents is 1. The summed E-state index contributed by atoms with van der Waals surface area (Å²) in [5.41, 5.74) is 0.782. The van der Waals surface area contributed by atoms with Crippen LogP contribution in [0.4, 0.5) is 10.5 Å². The molecule has 0 radical (unpaired) electrons. The number of thioether (sulfide) groups is 2. The normalized spacial score (nSPS) is 25.7. The van der Waals surface area contributed by atoms with Crippen molar-refractivity contribution in [3.8, 4) is 0 Å². The molecule has 6 rings (SSSR count). The molecule has 2 N–H and O–H groups in total. The van der Waals surface area contributed by atoms with Gasteiger partial charge in [-0.05, 0) is 51.0 Å². The molecular weight excluding hydrogens is 707 g/mol. The van der Waals surface area contributed by atoms with E-state index in [4.69, 9.17) is 14.2 Å². The Kier molecular flexibility index (Phi) is 9.67. The van der Waals surface area contributed by atoms with Crippen molar-refractivity contribution in [1.29, 1.82) is 0 Å². The van der Waals surface area contributed by atoms with Gasteiger partial charge < -0.3 is 34.6 Å². The first-order valence-electron chi connectivity index (χ1n) is 15.9. The van der Waals surface area contributed by atoms with Gasteiger partial charge >= 0.3 is 18.0 Å². The van der Waals surface area contributed by atoms with E-state index >= 15 is 0 Å². The number of amides is 4. The van der Waals surface area contributed by atoms with Crippen LogP contribution in [0.25, 0.3) is 0 Å². The van der Waals surface area contributed by atoms with Crippen LogP contribution in [0.1, 0.15) is 51.3 Å². The van der Waals surface area contributed by atoms with Crippen LogP contribution >= 0.6 is 23.5 Å². The highest BCUT2D eigenvalue weighted by atomic mass is 32.2. The summed E-state index contributed by atoms with van der Waals surface area (Å²) in [6, 6.07) is 9.61. The van der Waals surface area contributed by atoms with Gasteiger partial charge in [0.05, 0.1) is 16.7 Å². The lowest BCUT2D eigenvalue weighted by molar-refractivity contribution is -0.384. The number of non-ortho nitro benzene ring substituents is 1. The van der Waals surface area contributed by atoms with E-state index in [2.05, 4.69) is 10.6 Å². The number of benzene rings is 2. The highest BCUT2D eigenvalue weighted by Crippen LogP contribution is 2.52. The number of esters is 2. The fourth-order valence-corrected chi connectivity index (χ4v) is 9.83. The van der Waals surface area contributed by atoms with Crippen LogP contribution in [0.2, 0.25) is 0 Å². The number of alkyl carbamates (subject to hydrolysis) is 1. The van der Waals surface area contributed by atoms with Gasteiger partial charge in [-0.1, -0.05) is 30.3 Å². The molecule has 4 aliphatic heterocycles. The molecule has 0 saturated carbocycles. The number of nitro groups is 1. The van der Waals surface area contributed by atoms with E-state index in [1.54, 1.807) is 44.2 Å². The highest BCUT2D eigenvalue weighted by Gasteiger charge is 2.65. The monoisotopic (exact) mass is 741 g/mol. The third kappa shape index (κ3) is 6.93. The summed E-state index contributed by atoms with van der Waals surface area (Å²) in [7, 11) is 0. The van der Waals surface area contributed by atoms with Crippen molar-refractivity contribution in [2.24, 2.45) is 0 Å². The van der Waals surface area contributed by atoms with E-state index in [0.29, 0.717) is 17.5 Å². The maximum atomic E-state index is 13.6. The zero-order valence-corrected chi connectivity index (χ0v) is 29.6. The Labute approximate surface area is 300 Å². The SMILES string of the molecule is CC1(C)S[C@@H]2[C@H](NC(=O)C(NC(=O)OCc3ccc([N+](=O)[O-])cc3)c3ccccc3)C(=O)N2[C@H]1C(=O)OCOC(=O)[C@@H]1N2C(=O)C[C@H]2SC1(C)C. The van der Waals surface area contributed by atoms with E-state index in [0.717, 1.165) is 0 Å². The lowest BCUT2D eigenvalue weighted by Crippen LogP contribution is -2.71. The van der Waals surface area contributed by atoms with Gasteiger partial charge in [0.2, 0.25) is 24.5 Å². The minimum atomic E-state index is -1.25. The summed E-state index contributed by atoms with van der Waals surface area (Å²) in [4.78, 5) is 91.3. The average molecular weight is 742 g/mol. The quantitative estimate of drug-likeness (QED) is 0.112. The number of β-lactam (4-membered cyclic amide) rings is 2. The fraction of sp³-hybridized carbons (Fsp3) is 0.455. The summed E-state index contributed by atoms with van der Waals surface area (Å²) in [5, 5.41) is 15.4. The summed E-state index contributed by atoms with van der Waals surface area (Å²) < 4.78 is 14.4. The van der Waals surface area contributed by atoms with E-state index in [1.807, 2.05) is 13.8 Å². The predicted octanol–water partition coefficient (Wildman–Crippen LogP) is 2.61. The summed E-state index contributed by atoms with van der Waals surface area (Å²) in [6.45, 7) is 6.28. The van der Waals surface area contributed by atoms with Crippen molar-refractivity contribution in [3.63, 3.8) is 0 Å². The fourth-order valence-electron chi connectivity index (χ4n) is 6.59. The highest BCUT2D eigenvalue weighted by molar-refractivity contribution is 8.02. The van der Waals surface area contributed by atoms with Crippen LogP contribution in [-0.2, 0) is 44.8 Å². The number of nitrogens with one attached hydrogen (secondary N) is 2. The first kappa shape index (κ1) is 36.0. The molecule has 0 bridgehead atoms. The number of fused-ring (bicyclic) bond motifs is 2. The van der Waals surface area contributed by atoms with Crippen LogP contribution in [0, 0.1) is 10.1 Å². The second-order valence-corrected chi connectivity index (χ2v) is 17.0. The standard InChI is InChI=1S/C33H35N5O11S2/c1-32(2)24(36-20(39)14-21(36)50-32)29(42)48-16-49-30(43)25-33(3,4)51-28-23(27(41)37(25)28)34-26(40)22(18-8-6-5-7-9-18)35-31(44)47-15-17-10-12-19(13-11-17)38(45)46/h5-13,21-25,28H,14-16H2,1-4H3,(H,34,40)(H,35,44)/t21-,22?,23-,24+,25+,28-/m1/s1. The van der Waals surface area contributed by atoms with E-state index in [1.165, 1.54) is 57.6 Å². The number of hydrogen-bond donors (Lipinski definition) is 2. The molecule has 4 amide bonds. The average Bonchev–Trinajstić information content (AvgIpc) is 3.47. The predicted molar refractivity (Wildman–Crippen MR) is 181 cm³/mol. The smallest absolute Gasteiger partial charge is 0.408 e. The van der Waals surface area contributed by atoms with Gasteiger partial charge in [-0.3, -0.25) is 24.5 Å². The lowest BCUT2D eigenvalue weighted by Gasteiger charge is -2.44. The number of carbonyl (C=O) groups excluding carboxylic acids is 6. The van der Waals surface area contributed by atoms with Gasteiger partial charge in [0.1, 0.15) is 36.1 Å². The van der Waals surface area contributed by atoms with E-state index in [9.17, 15) is 38.9 Å². The molecule has 4 saturated heterocycles. The van der Waals surface area contributed by atoms with Crippen molar-refractivity contribution in [2.45, 2.75) is 85.1 Å². The minimum absolute atomic E-state index is 0.0891. The molecule has 2 aromatic carbocycles. The Morgan fingerprint density at radius 3 is 2.12 bits per heavy atom. The molecule has 18 heteroatoms. The van der Waals surface area contributed by atoms with Gasteiger partial charge in [-0.2, -0.15) is 0 Å². The van der Waals surface area contributed by atoms with Gasteiger partial charge in [0, 0.05) is 21.6 Å². The zero-order valence-electron chi connectivity index (χ0n) is 27.9. The molecule has 4 fully saturated rings. The third-order valence-electron chi connectivity index (χ3n) is 9.09. The second-order valence-electron chi connectivity index (χ2n) is 13.4. The number of nitrogens with zero attached hydrogens (tertiary/aromatic N) is 3.